The number of aryl methyl sites for hydroxylation is 1. The van der Waals surface area contributed by atoms with Crippen LogP contribution in [0.5, 0.6) is 0 Å². The molecule has 0 aliphatic carbocycles. The number of rotatable bonds is 5. The third kappa shape index (κ3) is 3.93. The predicted octanol–water partition coefficient (Wildman–Crippen LogP) is 4.53. The Balaban J connectivity index is 1.40. The molecule has 0 fully saturated rings. The van der Waals surface area contributed by atoms with Crippen LogP contribution in [0.1, 0.15) is 21.9 Å². The van der Waals surface area contributed by atoms with Gasteiger partial charge < -0.3 is 9.15 Å². The summed E-state index contributed by atoms with van der Waals surface area (Å²) in [5.74, 6) is 0.0947. The normalized spacial score (nSPS) is 10.7. The second kappa shape index (κ2) is 7.51. The molecule has 4 aromatic rings. The summed E-state index contributed by atoms with van der Waals surface area (Å²) < 4.78 is 10.8. The molecule has 0 aliphatic heterocycles. The van der Waals surface area contributed by atoms with Crippen LogP contribution in [-0.4, -0.2) is 21.2 Å². The highest BCUT2D eigenvalue weighted by Crippen LogP contribution is 2.24. The molecule has 0 saturated carbocycles. The van der Waals surface area contributed by atoms with Gasteiger partial charge in [-0.05, 0) is 19.1 Å². The molecule has 0 atom stereocenters. The topological polar surface area (TPSA) is 78.1 Å². The zero-order valence-electron chi connectivity index (χ0n) is 14.5. The Morgan fingerprint density at radius 3 is 2.59 bits per heavy atom. The second-order valence-corrected chi connectivity index (χ2v) is 6.71. The van der Waals surface area contributed by atoms with E-state index in [2.05, 4.69) is 15.2 Å². The van der Waals surface area contributed by atoms with Gasteiger partial charge in [0.1, 0.15) is 5.01 Å². The van der Waals surface area contributed by atoms with Crippen molar-refractivity contribution in [2.24, 2.45) is 0 Å². The third-order valence-corrected chi connectivity index (χ3v) is 4.72. The Morgan fingerprint density at radius 2 is 1.81 bits per heavy atom. The molecule has 4 rings (SSSR count). The van der Waals surface area contributed by atoms with Crippen LogP contribution in [0.3, 0.4) is 0 Å². The van der Waals surface area contributed by atoms with E-state index in [9.17, 15) is 4.79 Å². The van der Waals surface area contributed by atoms with Gasteiger partial charge in [-0.15, -0.1) is 21.5 Å². The van der Waals surface area contributed by atoms with Crippen molar-refractivity contribution < 1.29 is 13.9 Å². The summed E-state index contributed by atoms with van der Waals surface area (Å²) in [6.07, 6.45) is 0. The van der Waals surface area contributed by atoms with E-state index in [4.69, 9.17) is 9.15 Å². The average Bonchev–Trinajstić information content (AvgIpc) is 3.37. The van der Waals surface area contributed by atoms with Crippen molar-refractivity contribution in [3.8, 4) is 22.0 Å². The van der Waals surface area contributed by atoms with Crippen molar-refractivity contribution in [2.75, 3.05) is 0 Å². The van der Waals surface area contributed by atoms with E-state index in [1.807, 2.05) is 61.5 Å². The maximum atomic E-state index is 12.2. The van der Waals surface area contributed by atoms with Gasteiger partial charge in [0, 0.05) is 16.5 Å². The van der Waals surface area contributed by atoms with Crippen molar-refractivity contribution in [3.63, 3.8) is 0 Å². The minimum absolute atomic E-state index is 0.101. The summed E-state index contributed by atoms with van der Waals surface area (Å²) in [6.45, 7) is 1.92. The quantitative estimate of drug-likeness (QED) is 0.476. The number of esters is 1. The average molecular weight is 377 g/mol. The fourth-order valence-electron chi connectivity index (χ4n) is 2.41. The Morgan fingerprint density at radius 1 is 1.04 bits per heavy atom. The second-order valence-electron chi connectivity index (χ2n) is 5.85. The molecule has 134 valence electrons. The van der Waals surface area contributed by atoms with Crippen molar-refractivity contribution in [3.05, 3.63) is 77.1 Å². The first-order valence-electron chi connectivity index (χ1n) is 8.26. The molecule has 2 heterocycles. The molecule has 0 unspecified atom stereocenters. The van der Waals surface area contributed by atoms with Gasteiger partial charge in [0.15, 0.2) is 12.3 Å². The van der Waals surface area contributed by atoms with E-state index in [0.29, 0.717) is 5.89 Å². The molecule has 27 heavy (non-hydrogen) atoms. The molecular formula is C20H15N3O3S. The van der Waals surface area contributed by atoms with Crippen LogP contribution in [0.4, 0.5) is 0 Å². The van der Waals surface area contributed by atoms with Crippen LogP contribution in [0.25, 0.3) is 22.0 Å². The summed E-state index contributed by atoms with van der Waals surface area (Å²) in [7, 11) is 0. The first-order valence-corrected chi connectivity index (χ1v) is 9.14. The van der Waals surface area contributed by atoms with Crippen molar-refractivity contribution in [2.45, 2.75) is 13.5 Å². The molecule has 7 heteroatoms. The first-order chi connectivity index (χ1) is 13.2. The van der Waals surface area contributed by atoms with Gasteiger partial charge >= 0.3 is 5.97 Å². The van der Waals surface area contributed by atoms with Gasteiger partial charge in [-0.1, -0.05) is 48.0 Å². The largest absolute Gasteiger partial charge is 0.451 e. The van der Waals surface area contributed by atoms with Crippen molar-refractivity contribution in [1.29, 1.82) is 0 Å². The van der Waals surface area contributed by atoms with Crippen molar-refractivity contribution in [1.82, 2.24) is 15.2 Å². The van der Waals surface area contributed by atoms with Gasteiger partial charge in [0.2, 0.25) is 5.89 Å². The van der Waals surface area contributed by atoms with E-state index < -0.39 is 5.97 Å². The van der Waals surface area contributed by atoms with E-state index in [-0.39, 0.29) is 18.2 Å². The molecule has 0 amide bonds. The van der Waals surface area contributed by atoms with Gasteiger partial charge in [-0.2, -0.15) is 0 Å². The Hall–Kier alpha value is -3.32. The number of carbonyl (C=O) groups excluding carboxylic acids is 1. The molecule has 0 bridgehead atoms. The number of ether oxygens (including phenoxy) is 1. The lowest BCUT2D eigenvalue weighted by Gasteiger charge is -1.99. The third-order valence-electron chi connectivity index (χ3n) is 3.83. The predicted molar refractivity (Wildman–Crippen MR) is 101 cm³/mol. The van der Waals surface area contributed by atoms with Gasteiger partial charge in [-0.25, -0.2) is 9.78 Å². The molecule has 2 aromatic carbocycles. The molecule has 0 aliphatic rings. The zero-order valence-corrected chi connectivity index (χ0v) is 15.3. The van der Waals surface area contributed by atoms with Crippen molar-refractivity contribution >= 4 is 17.3 Å². The van der Waals surface area contributed by atoms with Crippen LogP contribution in [0, 0.1) is 6.92 Å². The van der Waals surface area contributed by atoms with E-state index >= 15 is 0 Å². The summed E-state index contributed by atoms with van der Waals surface area (Å²) in [5, 5.41) is 10.3. The van der Waals surface area contributed by atoms with Crippen LogP contribution in [0.15, 0.2) is 64.4 Å². The lowest BCUT2D eigenvalue weighted by Crippen LogP contribution is -2.05. The molecule has 2 aromatic heterocycles. The summed E-state index contributed by atoms with van der Waals surface area (Å²) >= 11 is 1.40. The molecule has 6 nitrogen and oxygen atoms in total. The molecule has 0 N–H and O–H groups in total. The fourth-order valence-corrected chi connectivity index (χ4v) is 3.20. The highest BCUT2D eigenvalue weighted by molar-refractivity contribution is 7.13. The molecular weight excluding hydrogens is 362 g/mol. The monoisotopic (exact) mass is 377 g/mol. The van der Waals surface area contributed by atoms with Gasteiger partial charge in [0.05, 0.1) is 0 Å². The number of aromatic nitrogens is 3. The maximum Gasteiger partial charge on any atom is 0.358 e. The molecule has 0 spiro atoms. The fraction of sp³-hybridized carbons (Fsp3) is 0.100. The number of hydrogen-bond donors (Lipinski definition) is 0. The minimum Gasteiger partial charge on any atom is -0.451 e. The van der Waals surface area contributed by atoms with Crippen LogP contribution in [-0.2, 0) is 11.3 Å². The van der Waals surface area contributed by atoms with Gasteiger partial charge in [-0.3, -0.25) is 0 Å². The highest BCUT2D eigenvalue weighted by atomic mass is 32.1. The van der Waals surface area contributed by atoms with E-state index in [1.54, 1.807) is 5.38 Å². The summed E-state index contributed by atoms with van der Waals surface area (Å²) in [6, 6.07) is 17.4. The van der Waals surface area contributed by atoms with Crippen LogP contribution >= 0.6 is 11.3 Å². The number of nitrogens with zero attached hydrogens (tertiary/aromatic N) is 3. The Bertz CT molecular complexity index is 1060. The van der Waals surface area contributed by atoms with E-state index in [0.717, 1.165) is 16.1 Å². The standard InChI is InChI=1S/C20H15N3O3S/c1-13-7-9-15(10-8-13)19-21-16(12-27-19)20(24)25-11-17-22-23-18(26-17)14-5-3-2-4-6-14/h2-10,12H,11H2,1H3. The SMILES string of the molecule is Cc1ccc(-c2nc(C(=O)OCc3nnc(-c4ccccc4)o3)cs2)cc1. The lowest BCUT2D eigenvalue weighted by molar-refractivity contribution is 0.0433. The summed E-state index contributed by atoms with van der Waals surface area (Å²) in [4.78, 5) is 16.6. The van der Waals surface area contributed by atoms with Crippen LogP contribution in [0.2, 0.25) is 0 Å². The summed E-state index contributed by atoms with van der Waals surface area (Å²) in [5.41, 5.74) is 3.21. The Labute approximate surface area is 159 Å². The number of thiazole rings is 1. The highest BCUT2D eigenvalue weighted by Gasteiger charge is 2.15. The number of hydrogen-bond acceptors (Lipinski definition) is 7. The molecule has 0 saturated heterocycles. The maximum absolute atomic E-state index is 12.2. The molecule has 0 radical (unpaired) electrons. The Kier molecular flexibility index (Phi) is 4.76. The minimum atomic E-state index is -0.524. The number of carbonyl (C=O) groups is 1. The lowest BCUT2D eigenvalue weighted by atomic mass is 10.2. The number of benzene rings is 2. The first kappa shape index (κ1) is 17.1. The van der Waals surface area contributed by atoms with Crippen LogP contribution < -0.4 is 0 Å². The zero-order chi connectivity index (χ0) is 18.6. The van der Waals surface area contributed by atoms with E-state index in [1.165, 1.54) is 16.9 Å². The smallest absolute Gasteiger partial charge is 0.358 e. The van der Waals surface area contributed by atoms with Gasteiger partial charge in [0.25, 0.3) is 5.89 Å².